The van der Waals surface area contributed by atoms with Crippen molar-refractivity contribution in [3.8, 4) is 5.69 Å². The molecule has 0 amide bonds. The second kappa shape index (κ2) is 6.93. The first-order chi connectivity index (χ1) is 11.2. The van der Waals surface area contributed by atoms with E-state index in [9.17, 15) is 0 Å². The Bertz CT molecular complexity index is 802. The van der Waals surface area contributed by atoms with Crippen molar-refractivity contribution >= 4 is 23.4 Å². The Kier molecular flexibility index (Phi) is 4.90. The number of hydrogen-bond donors (Lipinski definition) is 1. The molecule has 5 heteroatoms. The molecule has 2 aromatic carbocycles. The molecule has 1 aromatic heterocycles. The van der Waals surface area contributed by atoms with Crippen LogP contribution in [0.15, 0.2) is 54.9 Å². The van der Waals surface area contributed by atoms with Crippen molar-refractivity contribution < 1.29 is 0 Å². The van der Waals surface area contributed by atoms with E-state index in [0.29, 0.717) is 12.0 Å². The third kappa shape index (κ3) is 3.18. The number of nitrogens with two attached hydrogens (primary N) is 1. The van der Waals surface area contributed by atoms with Gasteiger partial charge in [0.05, 0.1) is 11.0 Å². The first-order valence-electron chi connectivity index (χ1n) is 8.20. The van der Waals surface area contributed by atoms with Gasteiger partial charge in [-0.05, 0) is 35.7 Å². The van der Waals surface area contributed by atoms with Crippen LogP contribution in [-0.2, 0) is 6.54 Å². The average Bonchev–Trinajstić information content (AvgIpc) is 3.12. The van der Waals surface area contributed by atoms with Crippen molar-refractivity contribution in [2.45, 2.75) is 19.5 Å². The summed E-state index contributed by atoms with van der Waals surface area (Å²) in [4.78, 5) is 6.90. The molecule has 1 aliphatic heterocycles. The number of benzene rings is 2. The van der Waals surface area contributed by atoms with Gasteiger partial charge in [-0.25, -0.2) is 4.98 Å². The van der Waals surface area contributed by atoms with Crippen LogP contribution in [0.1, 0.15) is 12.5 Å². The maximum atomic E-state index is 6.11. The van der Waals surface area contributed by atoms with Crippen molar-refractivity contribution in [2.24, 2.45) is 11.7 Å². The fourth-order valence-corrected chi connectivity index (χ4v) is 3.41. The topological polar surface area (TPSA) is 47.1 Å². The van der Waals surface area contributed by atoms with Crippen LogP contribution in [0.3, 0.4) is 0 Å². The number of nitrogens with zero attached hydrogens (tertiary/aromatic N) is 3. The minimum absolute atomic E-state index is 0. The van der Waals surface area contributed by atoms with Gasteiger partial charge in [-0.1, -0.05) is 31.2 Å². The molecule has 0 bridgehead atoms. The lowest BCUT2D eigenvalue weighted by molar-refractivity contribution is 0.319. The lowest BCUT2D eigenvalue weighted by Crippen LogP contribution is -2.28. The van der Waals surface area contributed by atoms with Gasteiger partial charge in [-0.3, -0.25) is 9.47 Å². The predicted octanol–water partition coefficient (Wildman–Crippen LogP) is 3.23. The highest BCUT2D eigenvalue weighted by Crippen LogP contribution is 2.20. The summed E-state index contributed by atoms with van der Waals surface area (Å²) in [6, 6.07) is 17.3. The molecule has 2 heterocycles. The van der Waals surface area contributed by atoms with Crippen LogP contribution >= 0.6 is 12.4 Å². The van der Waals surface area contributed by atoms with Gasteiger partial charge in [0.2, 0.25) is 0 Å². The first-order valence-corrected chi connectivity index (χ1v) is 8.20. The van der Waals surface area contributed by atoms with Crippen LogP contribution in [0.25, 0.3) is 16.7 Å². The zero-order valence-corrected chi connectivity index (χ0v) is 14.6. The average molecular weight is 343 g/mol. The van der Waals surface area contributed by atoms with E-state index < -0.39 is 0 Å². The van der Waals surface area contributed by atoms with Crippen molar-refractivity contribution in [2.75, 3.05) is 13.1 Å². The number of rotatable bonds is 3. The molecular formula is C19H23ClN4. The second-order valence-corrected chi connectivity index (χ2v) is 6.60. The third-order valence-electron chi connectivity index (χ3n) is 4.82. The molecule has 0 spiro atoms. The van der Waals surface area contributed by atoms with E-state index >= 15 is 0 Å². The molecule has 0 aliphatic carbocycles. The Hall–Kier alpha value is -1.88. The highest BCUT2D eigenvalue weighted by Gasteiger charge is 2.26. The van der Waals surface area contributed by atoms with Gasteiger partial charge in [-0.2, -0.15) is 0 Å². The summed E-state index contributed by atoms with van der Waals surface area (Å²) in [6.45, 7) is 5.30. The zero-order valence-electron chi connectivity index (χ0n) is 13.8. The number of hydrogen-bond acceptors (Lipinski definition) is 3. The maximum Gasteiger partial charge on any atom is 0.100 e. The van der Waals surface area contributed by atoms with Crippen LogP contribution < -0.4 is 5.73 Å². The number of para-hydroxylation sites is 2. The molecule has 3 aromatic rings. The third-order valence-corrected chi connectivity index (χ3v) is 4.82. The summed E-state index contributed by atoms with van der Waals surface area (Å²) in [6.07, 6.45) is 1.89. The number of fused-ring (bicyclic) bond motifs is 1. The maximum absolute atomic E-state index is 6.11. The van der Waals surface area contributed by atoms with Gasteiger partial charge in [0.15, 0.2) is 0 Å². The minimum Gasteiger partial charge on any atom is -0.326 e. The molecule has 1 fully saturated rings. The molecule has 4 nitrogen and oxygen atoms in total. The summed E-state index contributed by atoms with van der Waals surface area (Å²) in [5.41, 5.74) is 10.8. The number of likely N-dealkylation sites (tertiary alicyclic amines) is 1. The molecule has 4 rings (SSSR count). The molecule has 1 aliphatic rings. The summed E-state index contributed by atoms with van der Waals surface area (Å²) >= 11 is 0. The molecule has 0 saturated carbocycles. The normalized spacial score (nSPS) is 21.1. The Morgan fingerprint density at radius 1 is 1.08 bits per heavy atom. The minimum atomic E-state index is 0. The number of aromatic nitrogens is 2. The van der Waals surface area contributed by atoms with Gasteiger partial charge < -0.3 is 5.73 Å². The van der Waals surface area contributed by atoms with Gasteiger partial charge in [0.1, 0.15) is 6.33 Å². The standard InChI is InChI=1S/C19H22N4.ClH/c1-14-10-22(12-17(14)20)11-15-6-8-16(9-7-15)23-13-21-18-4-2-3-5-19(18)23;/h2-9,13-14,17H,10-12,20H2,1H3;1H. The van der Waals surface area contributed by atoms with E-state index in [1.165, 1.54) is 5.56 Å². The molecular weight excluding hydrogens is 320 g/mol. The van der Waals surface area contributed by atoms with Crippen LogP contribution in [-0.4, -0.2) is 33.6 Å². The summed E-state index contributed by atoms with van der Waals surface area (Å²) in [5.74, 6) is 0.589. The zero-order chi connectivity index (χ0) is 15.8. The smallest absolute Gasteiger partial charge is 0.100 e. The Balaban J connectivity index is 0.00000169. The largest absolute Gasteiger partial charge is 0.326 e. The fourth-order valence-electron chi connectivity index (χ4n) is 3.41. The lowest BCUT2D eigenvalue weighted by Gasteiger charge is -2.15. The molecule has 2 atom stereocenters. The molecule has 24 heavy (non-hydrogen) atoms. The molecule has 2 N–H and O–H groups in total. The summed E-state index contributed by atoms with van der Waals surface area (Å²) in [5, 5.41) is 0. The van der Waals surface area contributed by atoms with E-state index in [0.717, 1.165) is 36.4 Å². The molecule has 2 unspecified atom stereocenters. The van der Waals surface area contributed by atoms with Crippen LogP contribution in [0.5, 0.6) is 0 Å². The highest BCUT2D eigenvalue weighted by atomic mass is 35.5. The van der Waals surface area contributed by atoms with E-state index in [4.69, 9.17) is 5.73 Å². The fraction of sp³-hybridized carbons (Fsp3) is 0.316. The van der Waals surface area contributed by atoms with Crippen LogP contribution in [0, 0.1) is 5.92 Å². The van der Waals surface area contributed by atoms with E-state index in [1.54, 1.807) is 0 Å². The number of imidazole rings is 1. The van der Waals surface area contributed by atoms with Crippen molar-refractivity contribution in [1.82, 2.24) is 14.5 Å². The summed E-state index contributed by atoms with van der Waals surface area (Å²) < 4.78 is 2.13. The van der Waals surface area contributed by atoms with Gasteiger partial charge in [0, 0.05) is 31.4 Å². The van der Waals surface area contributed by atoms with Gasteiger partial charge in [-0.15, -0.1) is 12.4 Å². The highest BCUT2D eigenvalue weighted by molar-refractivity contribution is 5.85. The molecule has 1 saturated heterocycles. The first kappa shape index (κ1) is 17.0. The Morgan fingerprint density at radius 3 is 2.54 bits per heavy atom. The number of halogens is 1. The second-order valence-electron chi connectivity index (χ2n) is 6.60. The van der Waals surface area contributed by atoms with Crippen molar-refractivity contribution in [3.05, 3.63) is 60.4 Å². The molecule has 126 valence electrons. The quantitative estimate of drug-likeness (QED) is 0.795. The summed E-state index contributed by atoms with van der Waals surface area (Å²) in [7, 11) is 0. The monoisotopic (exact) mass is 342 g/mol. The van der Waals surface area contributed by atoms with Crippen LogP contribution in [0.2, 0.25) is 0 Å². The van der Waals surface area contributed by atoms with Crippen molar-refractivity contribution in [1.29, 1.82) is 0 Å². The van der Waals surface area contributed by atoms with E-state index in [-0.39, 0.29) is 12.4 Å². The predicted molar refractivity (Wildman–Crippen MR) is 101 cm³/mol. The van der Waals surface area contributed by atoms with Crippen molar-refractivity contribution in [3.63, 3.8) is 0 Å². The van der Waals surface area contributed by atoms with Gasteiger partial charge in [0.25, 0.3) is 0 Å². The van der Waals surface area contributed by atoms with E-state index in [2.05, 4.69) is 51.7 Å². The molecule has 0 radical (unpaired) electrons. The van der Waals surface area contributed by atoms with Crippen LogP contribution in [0.4, 0.5) is 0 Å². The Labute approximate surface area is 148 Å². The SMILES string of the molecule is CC1CN(Cc2ccc(-n3cnc4ccccc43)cc2)CC1N.Cl. The lowest BCUT2D eigenvalue weighted by atomic mass is 10.1. The van der Waals surface area contributed by atoms with E-state index in [1.807, 2.05) is 24.5 Å². The Morgan fingerprint density at radius 2 is 1.83 bits per heavy atom. The van der Waals surface area contributed by atoms with Gasteiger partial charge >= 0.3 is 0 Å².